The number of hydrogen-bond donors (Lipinski definition) is 1. The molecule has 1 rings (SSSR count). The van der Waals surface area contributed by atoms with Crippen LogP contribution in [0.25, 0.3) is 0 Å². The van der Waals surface area contributed by atoms with Crippen LogP contribution in [0.3, 0.4) is 0 Å². The van der Waals surface area contributed by atoms with Crippen molar-refractivity contribution in [2.45, 2.75) is 35.3 Å². The highest BCUT2D eigenvalue weighted by Gasteiger charge is 2.83. The highest BCUT2D eigenvalue weighted by atomic mass is 35.5. The van der Waals surface area contributed by atoms with Gasteiger partial charge in [-0.25, -0.2) is 0 Å². The van der Waals surface area contributed by atoms with Crippen LogP contribution in [-0.4, -0.2) is 27.9 Å². The van der Waals surface area contributed by atoms with Crippen LogP contribution in [0.4, 0.5) is 0 Å². The summed E-state index contributed by atoms with van der Waals surface area (Å²) >= 11 is 17.2. The average molecular weight is 250 g/mol. The van der Waals surface area contributed by atoms with Crippen LogP contribution in [-0.2, 0) is 4.43 Å². The summed E-state index contributed by atoms with van der Waals surface area (Å²) in [6.07, 6.45) is 0. The molecule has 1 N–H and O–H groups in total. The lowest BCUT2D eigenvalue weighted by molar-refractivity contribution is 0.0967. The maximum absolute atomic E-state index is 9.78. The van der Waals surface area contributed by atoms with Crippen LogP contribution < -0.4 is 0 Å². The first kappa shape index (κ1) is 11.1. The van der Waals surface area contributed by atoms with Crippen LogP contribution in [0.2, 0.25) is 0 Å². The smallest absolute Gasteiger partial charge is 0.396 e. The van der Waals surface area contributed by atoms with E-state index in [2.05, 4.69) is 0 Å². The fourth-order valence-electron chi connectivity index (χ4n) is 0.916. The summed E-state index contributed by atoms with van der Waals surface area (Å²) in [5.41, 5.74) is -0.459. The Balaban J connectivity index is 2.67. The van der Waals surface area contributed by atoms with Crippen molar-refractivity contribution in [2.75, 3.05) is 0 Å². The zero-order valence-corrected chi connectivity index (χ0v) is 10.3. The maximum Gasteiger partial charge on any atom is 0.396 e. The molecule has 0 aliphatic carbocycles. The van der Waals surface area contributed by atoms with Gasteiger partial charge in [-0.3, -0.25) is 0 Å². The molecule has 0 aromatic heterocycles. The highest BCUT2D eigenvalue weighted by molar-refractivity contribution is 7.07. The lowest BCUT2D eigenvalue weighted by atomic mass is 10.2. The van der Waals surface area contributed by atoms with Gasteiger partial charge in [0.1, 0.15) is 5.00 Å². The molecule has 2 atom stereocenters. The predicted molar refractivity (Wildman–Crippen MR) is 52.9 cm³/mol. The number of alkyl halides is 3. The van der Waals surface area contributed by atoms with Crippen LogP contribution in [0.15, 0.2) is 0 Å². The minimum Gasteiger partial charge on any atom is -0.408 e. The van der Waals surface area contributed by atoms with Gasteiger partial charge in [-0.05, 0) is 20.8 Å². The summed E-state index contributed by atoms with van der Waals surface area (Å²) in [6, 6.07) is 0. The molecule has 0 amide bonds. The van der Waals surface area contributed by atoms with E-state index in [9.17, 15) is 4.80 Å². The quantitative estimate of drug-likeness (QED) is 0.570. The van der Waals surface area contributed by atoms with Crippen molar-refractivity contribution in [3.8, 4) is 0 Å². The Bertz CT molecular complexity index is 203. The third-order valence-corrected chi connectivity index (χ3v) is 8.54. The Morgan fingerprint density at radius 2 is 1.75 bits per heavy atom. The van der Waals surface area contributed by atoms with Gasteiger partial charge in [0.2, 0.25) is 0 Å². The molecule has 1 heterocycles. The molecule has 1 aliphatic heterocycles. The van der Waals surface area contributed by atoms with E-state index in [0.29, 0.717) is 0 Å². The Labute approximate surface area is 88.0 Å². The molecule has 0 bridgehead atoms. The van der Waals surface area contributed by atoms with Gasteiger partial charge in [0.05, 0.1) is 5.60 Å². The van der Waals surface area contributed by atoms with Gasteiger partial charge in [-0.15, -0.1) is 11.6 Å². The van der Waals surface area contributed by atoms with Crippen LogP contribution in [0, 0.1) is 0 Å². The molecule has 0 saturated carbocycles. The van der Waals surface area contributed by atoms with E-state index in [1.807, 2.05) is 20.8 Å². The zero-order valence-electron chi connectivity index (χ0n) is 7.07. The molecule has 1 aliphatic rings. The van der Waals surface area contributed by atoms with Crippen LogP contribution >= 0.6 is 34.8 Å². The van der Waals surface area contributed by atoms with Gasteiger partial charge < -0.3 is 9.22 Å². The van der Waals surface area contributed by atoms with Crippen molar-refractivity contribution < 1.29 is 9.22 Å². The molecule has 1 saturated heterocycles. The minimum atomic E-state index is -3.08. The molecule has 6 heteroatoms. The van der Waals surface area contributed by atoms with E-state index in [1.165, 1.54) is 0 Å². The Morgan fingerprint density at radius 1 is 1.42 bits per heavy atom. The van der Waals surface area contributed by atoms with Crippen LogP contribution in [0.1, 0.15) is 20.8 Å². The van der Waals surface area contributed by atoms with E-state index in [1.54, 1.807) is 0 Å². The largest absolute Gasteiger partial charge is 0.408 e. The van der Waals surface area contributed by atoms with Gasteiger partial charge in [-0.2, -0.15) is 0 Å². The normalized spacial score (nSPS) is 39.8. The first-order chi connectivity index (χ1) is 5.11. The summed E-state index contributed by atoms with van der Waals surface area (Å²) in [6.45, 7) is 5.47. The van der Waals surface area contributed by atoms with Gasteiger partial charge in [0, 0.05) is 0 Å². The Kier molecular flexibility index (Phi) is 2.54. The van der Waals surface area contributed by atoms with E-state index in [4.69, 9.17) is 39.2 Å². The van der Waals surface area contributed by atoms with Gasteiger partial charge in [-0.1, -0.05) is 23.2 Å². The minimum absolute atomic E-state index is 0.459. The molecule has 12 heavy (non-hydrogen) atoms. The molecule has 2 unspecified atom stereocenters. The SMILES string of the molecule is CC(C)(C)O[Si]1(O)C(Cl)C1(Cl)Cl. The van der Waals surface area contributed by atoms with Crippen molar-refractivity contribution in [3.63, 3.8) is 0 Å². The van der Waals surface area contributed by atoms with Crippen molar-refractivity contribution in [1.29, 1.82) is 0 Å². The molecule has 0 aromatic carbocycles. The summed E-state index contributed by atoms with van der Waals surface area (Å²) in [4.78, 5) is 9.78. The van der Waals surface area contributed by atoms with E-state index in [0.717, 1.165) is 0 Å². The first-order valence-corrected chi connectivity index (χ1v) is 6.68. The third kappa shape index (κ3) is 1.63. The van der Waals surface area contributed by atoms with Crippen molar-refractivity contribution >= 4 is 43.4 Å². The topological polar surface area (TPSA) is 29.5 Å². The standard InChI is InChI=1S/C6H11Cl3O2Si/c1-5(2,3)11-12(10)4(7)6(12,8)9/h4,10H,1-3H3. The van der Waals surface area contributed by atoms with Crippen molar-refractivity contribution in [1.82, 2.24) is 0 Å². The molecule has 0 radical (unpaired) electrons. The highest BCUT2D eigenvalue weighted by Crippen LogP contribution is 2.57. The lowest BCUT2D eigenvalue weighted by Crippen LogP contribution is -2.38. The third-order valence-electron chi connectivity index (χ3n) is 1.52. The monoisotopic (exact) mass is 248 g/mol. The maximum atomic E-state index is 9.78. The Hall–Kier alpha value is 1.01. The number of hydrogen-bond acceptors (Lipinski definition) is 2. The fraction of sp³-hybridized carbons (Fsp3) is 1.00. The molecule has 2 nitrogen and oxygen atoms in total. The van der Waals surface area contributed by atoms with Gasteiger partial charge in [0.15, 0.2) is 3.96 Å². The summed E-state index contributed by atoms with van der Waals surface area (Å²) in [5.74, 6) is 0. The molecule has 0 spiro atoms. The summed E-state index contributed by atoms with van der Waals surface area (Å²) in [5, 5.41) is -0.632. The van der Waals surface area contributed by atoms with E-state index in [-0.39, 0.29) is 0 Å². The first-order valence-electron chi connectivity index (χ1n) is 3.56. The average Bonchev–Trinajstić information content (AvgIpc) is 2.10. The second-order valence-corrected chi connectivity index (χ2v) is 9.68. The Morgan fingerprint density at radius 3 is 1.83 bits per heavy atom. The zero-order chi connectivity index (χ0) is 9.78. The van der Waals surface area contributed by atoms with Gasteiger partial charge >= 0.3 is 8.56 Å². The summed E-state index contributed by atoms with van der Waals surface area (Å²) in [7, 11) is -3.08. The van der Waals surface area contributed by atoms with E-state index >= 15 is 0 Å². The van der Waals surface area contributed by atoms with Crippen molar-refractivity contribution in [2.24, 2.45) is 0 Å². The van der Waals surface area contributed by atoms with Crippen molar-refractivity contribution in [3.05, 3.63) is 0 Å². The second kappa shape index (κ2) is 2.75. The molecule has 72 valence electrons. The number of halogens is 3. The van der Waals surface area contributed by atoms with Crippen LogP contribution in [0.5, 0.6) is 0 Å². The summed E-state index contributed by atoms with van der Waals surface area (Å²) < 4.78 is 4.11. The lowest BCUT2D eigenvalue weighted by Gasteiger charge is -2.23. The molecular weight excluding hydrogens is 239 g/mol. The van der Waals surface area contributed by atoms with Gasteiger partial charge in [0.25, 0.3) is 0 Å². The second-order valence-electron chi connectivity index (χ2n) is 3.90. The predicted octanol–water partition coefficient (Wildman–Crippen LogP) is 2.11. The fourth-order valence-corrected chi connectivity index (χ4v) is 5.83. The molecular formula is C6H11Cl3O2Si. The number of rotatable bonds is 1. The molecule has 1 fully saturated rings. The van der Waals surface area contributed by atoms with E-state index < -0.39 is 23.1 Å². The molecule has 0 aromatic rings.